The Bertz CT molecular complexity index is 1900. The molecule has 5 rings (SSSR count). The summed E-state index contributed by atoms with van der Waals surface area (Å²) >= 11 is 0. The van der Waals surface area contributed by atoms with Crippen molar-refractivity contribution in [3.63, 3.8) is 0 Å². The second-order valence-electron chi connectivity index (χ2n) is 8.54. The monoisotopic (exact) mass is 589 g/mol. The van der Waals surface area contributed by atoms with E-state index >= 15 is 0 Å². The summed E-state index contributed by atoms with van der Waals surface area (Å²) in [6.07, 6.45) is 4.35. The molecule has 15 heteroatoms. The van der Waals surface area contributed by atoms with Crippen molar-refractivity contribution in [2.45, 2.75) is 11.9 Å². The molecule has 5 aromatic rings. The van der Waals surface area contributed by atoms with Gasteiger partial charge in [0.1, 0.15) is 12.3 Å². The highest BCUT2D eigenvalue weighted by Crippen LogP contribution is 2.41. The van der Waals surface area contributed by atoms with E-state index < -0.39 is 15.8 Å². The number of ether oxygens (including phenoxy) is 3. The van der Waals surface area contributed by atoms with Crippen molar-refractivity contribution in [3.8, 4) is 46.0 Å². The minimum Gasteiger partial charge on any atom is -0.493 e. The van der Waals surface area contributed by atoms with Gasteiger partial charge in [-0.3, -0.25) is 19.2 Å². The van der Waals surface area contributed by atoms with Crippen LogP contribution in [0.1, 0.15) is 5.56 Å². The third-order valence-electron chi connectivity index (χ3n) is 5.55. The fourth-order valence-corrected chi connectivity index (χ4v) is 4.54. The van der Waals surface area contributed by atoms with Gasteiger partial charge >= 0.3 is 5.76 Å². The van der Waals surface area contributed by atoms with Crippen LogP contribution in [0.2, 0.25) is 0 Å². The van der Waals surface area contributed by atoms with E-state index in [4.69, 9.17) is 14.2 Å². The second-order valence-corrected chi connectivity index (χ2v) is 10.2. The predicted molar refractivity (Wildman–Crippen MR) is 150 cm³/mol. The lowest BCUT2D eigenvalue weighted by Gasteiger charge is -2.18. The van der Waals surface area contributed by atoms with Gasteiger partial charge in [-0.2, -0.15) is 13.4 Å². The number of nitrogens with one attached hydrogen (secondary N) is 2. The summed E-state index contributed by atoms with van der Waals surface area (Å²) in [5, 5.41) is 3.41. The number of rotatable bonds is 11. The van der Waals surface area contributed by atoms with Crippen LogP contribution in [-0.4, -0.2) is 52.2 Å². The maximum Gasteiger partial charge on any atom is 0.439 e. The van der Waals surface area contributed by atoms with Crippen molar-refractivity contribution in [1.82, 2.24) is 30.1 Å². The van der Waals surface area contributed by atoms with Crippen LogP contribution in [0, 0.1) is 6.92 Å². The summed E-state index contributed by atoms with van der Waals surface area (Å²) in [5.74, 6) is -0.531. The van der Waals surface area contributed by atoms with Crippen LogP contribution < -0.4 is 24.7 Å². The summed E-state index contributed by atoms with van der Waals surface area (Å²) in [6, 6.07) is 12.8. The molecule has 42 heavy (non-hydrogen) atoms. The van der Waals surface area contributed by atoms with E-state index in [1.54, 1.807) is 43.3 Å². The summed E-state index contributed by atoms with van der Waals surface area (Å²) in [6.45, 7) is 5.46. The second kappa shape index (κ2) is 11.9. The van der Waals surface area contributed by atoms with Gasteiger partial charge in [0.25, 0.3) is 15.9 Å². The highest BCUT2D eigenvalue weighted by Gasteiger charge is 2.26. The summed E-state index contributed by atoms with van der Waals surface area (Å²) in [5.41, 5.74) is 1.40. The van der Waals surface area contributed by atoms with Gasteiger partial charge in [-0.15, -0.1) is 0 Å². The number of benzene rings is 1. The Morgan fingerprint density at radius 3 is 2.60 bits per heavy atom. The van der Waals surface area contributed by atoms with Gasteiger partial charge in [0.15, 0.2) is 28.2 Å². The van der Waals surface area contributed by atoms with Gasteiger partial charge < -0.3 is 14.2 Å². The summed E-state index contributed by atoms with van der Waals surface area (Å²) in [4.78, 5) is 31.1. The van der Waals surface area contributed by atoms with Gasteiger partial charge in [0.2, 0.25) is 11.6 Å². The number of hydrogen-bond acceptors (Lipinski definition) is 12. The Kier molecular flexibility index (Phi) is 7.92. The Morgan fingerprint density at radius 1 is 1.10 bits per heavy atom. The van der Waals surface area contributed by atoms with E-state index in [0.29, 0.717) is 11.3 Å². The number of aryl methyl sites for hydroxylation is 1. The van der Waals surface area contributed by atoms with E-state index in [-0.39, 0.29) is 52.2 Å². The van der Waals surface area contributed by atoms with Crippen LogP contribution in [0.5, 0.6) is 23.1 Å². The molecule has 4 heterocycles. The van der Waals surface area contributed by atoms with Crippen LogP contribution in [0.15, 0.2) is 87.9 Å². The van der Waals surface area contributed by atoms with Crippen molar-refractivity contribution >= 4 is 15.8 Å². The average molecular weight is 590 g/mol. The number of aromatic amines is 1. The standard InChI is InChI=1S/C27H23N7O7S/c1-4-13-39-26-22(40-20-8-6-5-7-19(20)38-3)25(34-42(36,37)21-10-9-16(2)15-29-21)30-23(31-26)17-11-12-28-18(14-17)24-32-27(35)41-33-24/h4-12,14-15H,1,13H2,2-3H3,(H,30,31,34)(H,32,33,35). The molecule has 2 N–H and O–H groups in total. The first-order chi connectivity index (χ1) is 20.3. The maximum atomic E-state index is 13.4. The SMILES string of the molecule is C=CCOc1nc(-c2ccnc(-c3noc(=O)[nH]3)c2)nc(NS(=O)(=O)c2ccc(C)cn2)c1Oc1ccccc1OC. The number of para-hydroxylation sites is 2. The zero-order valence-electron chi connectivity index (χ0n) is 22.3. The van der Waals surface area contributed by atoms with E-state index in [9.17, 15) is 13.2 Å². The van der Waals surface area contributed by atoms with E-state index in [1.165, 1.54) is 37.7 Å². The summed E-state index contributed by atoms with van der Waals surface area (Å²) < 4.78 is 51.2. The first-order valence-electron chi connectivity index (χ1n) is 12.2. The number of aromatic nitrogens is 6. The molecule has 0 atom stereocenters. The number of methoxy groups -OCH3 is 1. The number of H-pyrrole nitrogens is 1. The molecule has 0 spiro atoms. The minimum atomic E-state index is -4.26. The zero-order chi connectivity index (χ0) is 29.7. The van der Waals surface area contributed by atoms with Crippen LogP contribution in [0.3, 0.4) is 0 Å². The predicted octanol–water partition coefficient (Wildman–Crippen LogP) is 3.75. The Morgan fingerprint density at radius 2 is 1.90 bits per heavy atom. The minimum absolute atomic E-state index is 0.00617. The summed E-state index contributed by atoms with van der Waals surface area (Å²) in [7, 11) is -2.79. The largest absolute Gasteiger partial charge is 0.493 e. The zero-order valence-corrected chi connectivity index (χ0v) is 23.1. The number of nitrogens with zero attached hydrogens (tertiary/aromatic N) is 5. The topological polar surface area (TPSA) is 184 Å². The van der Waals surface area contributed by atoms with Gasteiger partial charge in [-0.1, -0.05) is 36.0 Å². The lowest BCUT2D eigenvalue weighted by molar-refractivity contribution is 0.320. The fourth-order valence-electron chi connectivity index (χ4n) is 3.60. The molecule has 0 aliphatic carbocycles. The van der Waals surface area contributed by atoms with Crippen molar-refractivity contribution in [3.05, 3.63) is 89.7 Å². The average Bonchev–Trinajstić information content (AvgIpc) is 3.43. The van der Waals surface area contributed by atoms with Crippen molar-refractivity contribution < 1.29 is 27.2 Å². The smallest absolute Gasteiger partial charge is 0.439 e. The molecule has 0 fully saturated rings. The first kappa shape index (κ1) is 28.0. The van der Waals surface area contributed by atoms with Gasteiger partial charge in [0, 0.05) is 18.0 Å². The van der Waals surface area contributed by atoms with Gasteiger partial charge in [0.05, 0.1) is 7.11 Å². The normalized spacial score (nSPS) is 11.1. The van der Waals surface area contributed by atoms with E-state index in [0.717, 1.165) is 5.56 Å². The first-order valence-corrected chi connectivity index (χ1v) is 13.7. The third kappa shape index (κ3) is 6.10. The molecule has 0 aliphatic heterocycles. The van der Waals surface area contributed by atoms with Crippen LogP contribution >= 0.6 is 0 Å². The van der Waals surface area contributed by atoms with Crippen molar-refractivity contribution in [2.24, 2.45) is 0 Å². The number of hydrogen-bond donors (Lipinski definition) is 2. The van der Waals surface area contributed by atoms with Crippen LogP contribution in [-0.2, 0) is 10.0 Å². The quantitative estimate of drug-likeness (QED) is 0.213. The Hall–Kier alpha value is -5.57. The van der Waals surface area contributed by atoms with E-state index in [1.807, 2.05) is 0 Å². The van der Waals surface area contributed by atoms with Crippen LogP contribution in [0.25, 0.3) is 22.9 Å². The van der Waals surface area contributed by atoms with E-state index in [2.05, 4.69) is 45.9 Å². The molecule has 0 amide bonds. The van der Waals surface area contributed by atoms with Crippen molar-refractivity contribution in [2.75, 3.05) is 18.4 Å². The fraction of sp³-hybridized carbons (Fsp3) is 0.111. The molecule has 0 aliphatic rings. The Balaban J connectivity index is 1.68. The number of pyridine rings is 2. The molecule has 214 valence electrons. The lowest BCUT2D eigenvalue weighted by atomic mass is 10.2. The lowest BCUT2D eigenvalue weighted by Crippen LogP contribution is -2.17. The molecule has 14 nitrogen and oxygen atoms in total. The number of sulfonamides is 1. The van der Waals surface area contributed by atoms with Gasteiger partial charge in [-0.25, -0.2) is 14.8 Å². The van der Waals surface area contributed by atoms with Gasteiger partial charge in [-0.05, 0) is 42.8 Å². The van der Waals surface area contributed by atoms with Crippen LogP contribution in [0.4, 0.5) is 5.82 Å². The molecule has 0 saturated carbocycles. The molecular weight excluding hydrogens is 566 g/mol. The molecule has 0 saturated heterocycles. The highest BCUT2D eigenvalue weighted by molar-refractivity contribution is 7.92. The molecule has 4 aromatic heterocycles. The Labute approximate surface area is 239 Å². The molecule has 0 bridgehead atoms. The third-order valence-corrected chi connectivity index (χ3v) is 6.80. The molecular formula is C27H23N7O7S. The molecule has 0 unspecified atom stereocenters. The number of anilines is 1. The molecule has 1 aromatic carbocycles. The van der Waals surface area contributed by atoms with Crippen molar-refractivity contribution in [1.29, 1.82) is 0 Å². The highest BCUT2D eigenvalue weighted by atomic mass is 32.2. The maximum absolute atomic E-state index is 13.4. The molecule has 0 radical (unpaired) electrons.